The van der Waals surface area contributed by atoms with Gasteiger partial charge in [0.2, 0.25) is 12.1 Å². The largest absolute Gasteiger partial charge is 0.477 e. The Morgan fingerprint density at radius 1 is 1.67 bits per heavy atom. The van der Waals surface area contributed by atoms with Gasteiger partial charge in [-0.3, -0.25) is 25.0 Å². The van der Waals surface area contributed by atoms with E-state index in [1.807, 2.05) is 0 Å². The maximum Gasteiger partial charge on any atom is 0.352 e. The second kappa shape index (κ2) is 5.37. The number of amides is 2. The normalized spacial score (nSPS) is 27.6. The highest BCUT2D eigenvalue weighted by Crippen LogP contribution is 2.43. The molecule has 0 saturated carbocycles. The molecule has 0 aromatic carbocycles. The van der Waals surface area contributed by atoms with E-state index in [0.717, 1.165) is 4.90 Å². The van der Waals surface area contributed by atoms with Crippen LogP contribution in [0.2, 0.25) is 0 Å². The van der Waals surface area contributed by atoms with Crippen molar-refractivity contribution in [2.45, 2.75) is 18.0 Å². The van der Waals surface area contributed by atoms with Crippen molar-refractivity contribution < 1.29 is 29.0 Å². The van der Waals surface area contributed by atoms with Gasteiger partial charge < -0.3 is 15.2 Å². The van der Waals surface area contributed by atoms with Crippen molar-refractivity contribution >= 4 is 36.0 Å². The summed E-state index contributed by atoms with van der Waals surface area (Å²) in [4.78, 5) is 45.8. The molecule has 2 aliphatic heterocycles. The average molecular weight is 315 g/mol. The quantitative estimate of drug-likeness (QED) is 0.234. The Bertz CT molecular complexity index is 562. The SMILES string of the molecule is CC(=O)OCC1=C(C(=O)O)N2C(=O)[C@](N)(NC=O)[C@@H]2SC1. The van der Waals surface area contributed by atoms with Crippen LogP contribution in [0.3, 0.4) is 0 Å². The van der Waals surface area contributed by atoms with Gasteiger partial charge >= 0.3 is 11.9 Å². The molecule has 2 atom stereocenters. The van der Waals surface area contributed by atoms with E-state index in [0.29, 0.717) is 12.0 Å². The van der Waals surface area contributed by atoms with Gasteiger partial charge in [-0.25, -0.2) is 4.79 Å². The van der Waals surface area contributed by atoms with Gasteiger partial charge in [0.15, 0.2) is 0 Å². The molecule has 0 unspecified atom stereocenters. The van der Waals surface area contributed by atoms with Crippen LogP contribution in [0.1, 0.15) is 6.92 Å². The maximum absolute atomic E-state index is 12.1. The fraction of sp³-hybridized carbons (Fsp3) is 0.455. The van der Waals surface area contributed by atoms with Crippen LogP contribution in [0, 0.1) is 0 Å². The van der Waals surface area contributed by atoms with Gasteiger partial charge in [-0.2, -0.15) is 0 Å². The van der Waals surface area contributed by atoms with E-state index in [1.54, 1.807) is 0 Å². The van der Waals surface area contributed by atoms with Crippen LogP contribution in [0.4, 0.5) is 0 Å². The number of β-lactam (4-membered cyclic amide) rings is 1. The van der Waals surface area contributed by atoms with Crippen LogP contribution in [-0.2, 0) is 23.9 Å². The maximum atomic E-state index is 12.1. The average Bonchev–Trinajstić information content (AvgIpc) is 2.43. The van der Waals surface area contributed by atoms with Gasteiger partial charge in [-0.05, 0) is 0 Å². The Balaban J connectivity index is 2.30. The highest BCUT2D eigenvalue weighted by Gasteiger charge is 2.63. The third kappa shape index (κ3) is 2.36. The molecule has 0 aromatic heterocycles. The monoisotopic (exact) mass is 315 g/mol. The van der Waals surface area contributed by atoms with Crippen molar-refractivity contribution in [2.24, 2.45) is 5.73 Å². The van der Waals surface area contributed by atoms with Crippen LogP contribution in [0.25, 0.3) is 0 Å². The Labute approximate surface area is 123 Å². The summed E-state index contributed by atoms with van der Waals surface area (Å²) in [5.41, 5.74) is 4.23. The predicted octanol–water partition coefficient (Wildman–Crippen LogP) is -1.80. The minimum atomic E-state index is -1.61. The van der Waals surface area contributed by atoms with E-state index < -0.39 is 28.9 Å². The molecule has 0 radical (unpaired) electrons. The summed E-state index contributed by atoms with van der Waals surface area (Å²) < 4.78 is 4.79. The van der Waals surface area contributed by atoms with Crippen LogP contribution < -0.4 is 11.1 Å². The van der Waals surface area contributed by atoms with Crippen molar-refractivity contribution in [2.75, 3.05) is 12.4 Å². The first kappa shape index (κ1) is 15.3. The van der Waals surface area contributed by atoms with Crippen molar-refractivity contribution in [1.82, 2.24) is 10.2 Å². The molecule has 2 rings (SSSR count). The van der Waals surface area contributed by atoms with Gasteiger partial charge in [0.25, 0.3) is 5.91 Å². The molecule has 0 aliphatic carbocycles. The third-order valence-corrected chi connectivity index (χ3v) is 4.55. The molecule has 1 saturated heterocycles. The molecule has 21 heavy (non-hydrogen) atoms. The fourth-order valence-corrected chi connectivity index (χ4v) is 3.54. The summed E-state index contributed by atoms with van der Waals surface area (Å²) in [6.45, 7) is 0.993. The first-order valence-electron chi connectivity index (χ1n) is 5.87. The van der Waals surface area contributed by atoms with Crippen LogP contribution >= 0.6 is 11.8 Å². The lowest BCUT2D eigenvalue weighted by Gasteiger charge is -2.54. The summed E-state index contributed by atoms with van der Waals surface area (Å²) >= 11 is 1.19. The molecule has 4 N–H and O–H groups in total. The highest BCUT2D eigenvalue weighted by atomic mass is 32.2. The minimum Gasteiger partial charge on any atom is -0.477 e. The number of carboxylic acids is 1. The Hall–Kier alpha value is -2.07. The number of nitrogens with two attached hydrogens (primary N) is 1. The summed E-state index contributed by atoms with van der Waals surface area (Å²) in [5.74, 6) is -2.36. The zero-order valence-corrected chi connectivity index (χ0v) is 11.8. The molecule has 0 aromatic rings. The fourth-order valence-electron chi connectivity index (χ4n) is 2.18. The molecule has 114 valence electrons. The Morgan fingerprint density at radius 2 is 2.33 bits per heavy atom. The summed E-state index contributed by atoms with van der Waals surface area (Å²) in [6, 6.07) is 0. The lowest BCUT2D eigenvalue weighted by molar-refractivity contribution is -0.157. The van der Waals surface area contributed by atoms with Crippen molar-refractivity contribution in [1.29, 1.82) is 0 Å². The van der Waals surface area contributed by atoms with Gasteiger partial charge in [0.1, 0.15) is 17.7 Å². The number of carbonyl (C=O) groups excluding carboxylic acids is 3. The lowest BCUT2D eigenvalue weighted by Crippen LogP contribution is -2.83. The van der Waals surface area contributed by atoms with E-state index in [-0.39, 0.29) is 18.1 Å². The third-order valence-electron chi connectivity index (χ3n) is 3.14. The molecule has 2 aliphatic rings. The molecule has 2 heterocycles. The number of nitrogens with one attached hydrogen (secondary N) is 1. The van der Waals surface area contributed by atoms with Crippen molar-refractivity contribution in [3.63, 3.8) is 0 Å². The molecular weight excluding hydrogens is 302 g/mol. The number of nitrogens with zero attached hydrogens (tertiary/aromatic N) is 1. The van der Waals surface area contributed by atoms with Gasteiger partial charge in [0.05, 0.1) is 0 Å². The zero-order valence-electron chi connectivity index (χ0n) is 11.0. The number of fused-ring (bicyclic) bond motifs is 1. The predicted molar refractivity (Wildman–Crippen MR) is 70.5 cm³/mol. The van der Waals surface area contributed by atoms with E-state index in [2.05, 4.69) is 5.32 Å². The first-order valence-corrected chi connectivity index (χ1v) is 6.92. The van der Waals surface area contributed by atoms with E-state index in [4.69, 9.17) is 10.5 Å². The number of rotatable bonds is 5. The molecule has 10 heteroatoms. The van der Waals surface area contributed by atoms with Crippen molar-refractivity contribution in [3.8, 4) is 0 Å². The molecule has 0 spiro atoms. The number of hydrogen-bond donors (Lipinski definition) is 3. The summed E-state index contributed by atoms with van der Waals surface area (Å²) in [6.07, 6.45) is 0.300. The standard InChI is InChI=1S/C11H13N3O6S/c1-5(16)20-2-6-3-21-10-11(12,13-4-15)9(19)14(10)7(6)8(17)18/h4,10H,2-3,12H2,1H3,(H,13,15)(H,17,18)/t10-,11-/m0/s1. The number of carboxylic acid groups (broad SMARTS) is 1. The molecule has 9 nitrogen and oxygen atoms in total. The van der Waals surface area contributed by atoms with Crippen LogP contribution in [-0.4, -0.2) is 57.7 Å². The smallest absolute Gasteiger partial charge is 0.352 e. The summed E-state index contributed by atoms with van der Waals surface area (Å²) in [5, 5.41) is 10.8. The highest BCUT2D eigenvalue weighted by molar-refractivity contribution is 8.00. The molecular formula is C11H13N3O6S. The van der Waals surface area contributed by atoms with Crippen molar-refractivity contribution in [3.05, 3.63) is 11.3 Å². The Morgan fingerprint density at radius 3 is 2.86 bits per heavy atom. The molecule has 0 bridgehead atoms. The topological polar surface area (TPSA) is 139 Å². The van der Waals surface area contributed by atoms with Crippen LogP contribution in [0.15, 0.2) is 11.3 Å². The Kier molecular flexibility index (Phi) is 3.92. The number of thioether (sulfide) groups is 1. The van der Waals surface area contributed by atoms with Gasteiger partial charge in [0, 0.05) is 18.2 Å². The first-order chi connectivity index (χ1) is 9.82. The van der Waals surface area contributed by atoms with Gasteiger partial charge in [-0.1, -0.05) is 0 Å². The second-order valence-corrected chi connectivity index (χ2v) is 5.58. The molecule has 2 amide bonds. The number of carbonyl (C=O) groups is 4. The number of aliphatic carboxylic acids is 1. The van der Waals surface area contributed by atoms with E-state index in [9.17, 15) is 24.3 Å². The molecule has 1 fully saturated rings. The van der Waals surface area contributed by atoms with E-state index >= 15 is 0 Å². The number of ether oxygens (including phenoxy) is 1. The second-order valence-electron chi connectivity index (χ2n) is 4.51. The van der Waals surface area contributed by atoms with E-state index in [1.165, 1.54) is 18.7 Å². The number of hydrogen-bond acceptors (Lipinski definition) is 7. The number of esters is 1. The van der Waals surface area contributed by atoms with Gasteiger partial charge in [-0.15, -0.1) is 11.8 Å². The minimum absolute atomic E-state index is 0.209. The van der Waals surface area contributed by atoms with Crippen LogP contribution in [0.5, 0.6) is 0 Å². The summed E-state index contributed by atoms with van der Waals surface area (Å²) in [7, 11) is 0. The lowest BCUT2D eigenvalue weighted by atomic mass is 9.96. The zero-order chi connectivity index (χ0) is 15.8.